The van der Waals surface area contributed by atoms with Gasteiger partial charge in [-0.2, -0.15) is 0 Å². The van der Waals surface area contributed by atoms with Crippen molar-refractivity contribution in [3.05, 3.63) is 53.6 Å². The molecule has 0 aliphatic rings. The molecule has 3 heteroatoms. The number of rotatable bonds is 7. The van der Waals surface area contributed by atoms with Crippen LogP contribution in [0.2, 0.25) is 0 Å². The molecule has 0 amide bonds. The van der Waals surface area contributed by atoms with E-state index in [0.29, 0.717) is 13.2 Å². The molecule has 0 aliphatic heterocycles. The minimum atomic E-state index is 0.668. The number of nitrogens with one attached hydrogen (secondary N) is 1. The largest absolute Gasteiger partial charge is 0.494 e. The van der Waals surface area contributed by atoms with Gasteiger partial charge < -0.3 is 14.8 Å². The van der Waals surface area contributed by atoms with E-state index in [-0.39, 0.29) is 0 Å². The van der Waals surface area contributed by atoms with Crippen LogP contribution in [-0.4, -0.2) is 13.2 Å². The number of aryl methyl sites for hydroxylation is 1. The first-order valence-electron chi connectivity index (χ1n) is 7.42. The first kappa shape index (κ1) is 15.2. The Hall–Kier alpha value is -2.16. The Bertz CT molecular complexity index is 564. The summed E-state index contributed by atoms with van der Waals surface area (Å²) in [5.74, 6) is 1.81. The summed E-state index contributed by atoms with van der Waals surface area (Å²) in [6, 6.07) is 14.4. The molecule has 2 aromatic carbocycles. The maximum absolute atomic E-state index is 5.67. The highest BCUT2D eigenvalue weighted by Gasteiger charge is 2.03. The van der Waals surface area contributed by atoms with Crippen molar-refractivity contribution in [2.75, 3.05) is 18.5 Å². The molecule has 0 atom stereocenters. The summed E-state index contributed by atoms with van der Waals surface area (Å²) < 4.78 is 11.1. The van der Waals surface area contributed by atoms with Crippen molar-refractivity contribution in [1.29, 1.82) is 0 Å². The van der Waals surface area contributed by atoms with Crippen LogP contribution in [-0.2, 0) is 6.54 Å². The van der Waals surface area contributed by atoms with Crippen molar-refractivity contribution in [3.63, 3.8) is 0 Å². The summed E-state index contributed by atoms with van der Waals surface area (Å²) >= 11 is 0. The Morgan fingerprint density at radius 3 is 2.29 bits per heavy atom. The van der Waals surface area contributed by atoms with Crippen molar-refractivity contribution in [2.24, 2.45) is 0 Å². The minimum absolute atomic E-state index is 0.668. The maximum Gasteiger partial charge on any atom is 0.142 e. The van der Waals surface area contributed by atoms with E-state index in [9.17, 15) is 0 Å². The van der Waals surface area contributed by atoms with E-state index in [1.54, 1.807) is 0 Å². The summed E-state index contributed by atoms with van der Waals surface area (Å²) in [7, 11) is 0. The van der Waals surface area contributed by atoms with E-state index in [2.05, 4.69) is 42.6 Å². The molecule has 1 N–H and O–H groups in total. The Labute approximate surface area is 126 Å². The van der Waals surface area contributed by atoms with Crippen molar-refractivity contribution < 1.29 is 9.47 Å². The van der Waals surface area contributed by atoms with Gasteiger partial charge in [-0.3, -0.25) is 0 Å². The molecule has 3 nitrogen and oxygen atoms in total. The van der Waals surface area contributed by atoms with Gasteiger partial charge in [0.05, 0.1) is 18.9 Å². The summed E-state index contributed by atoms with van der Waals surface area (Å²) in [6.45, 7) is 8.18. The third-order valence-electron chi connectivity index (χ3n) is 3.15. The van der Waals surface area contributed by atoms with Crippen LogP contribution in [0.5, 0.6) is 11.5 Å². The monoisotopic (exact) mass is 285 g/mol. The number of benzene rings is 2. The highest BCUT2D eigenvalue weighted by molar-refractivity contribution is 5.58. The number of ether oxygens (including phenoxy) is 2. The van der Waals surface area contributed by atoms with Crippen molar-refractivity contribution in [1.82, 2.24) is 0 Å². The van der Waals surface area contributed by atoms with E-state index in [1.165, 1.54) is 11.1 Å². The van der Waals surface area contributed by atoms with Crippen LogP contribution in [0.15, 0.2) is 42.5 Å². The van der Waals surface area contributed by atoms with E-state index in [1.807, 2.05) is 26.0 Å². The van der Waals surface area contributed by atoms with Gasteiger partial charge >= 0.3 is 0 Å². The van der Waals surface area contributed by atoms with Gasteiger partial charge in [-0.25, -0.2) is 0 Å². The van der Waals surface area contributed by atoms with Gasteiger partial charge in [0.2, 0.25) is 0 Å². The van der Waals surface area contributed by atoms with Gasteiger partial charge in [0, 0.05) is 6.54 Å². The number of hydrogen-bond acceptors (Lipinski definition) is 3. The summed E-state index contributed by atoms with van der Waals surface area (Å²) in [5, 5.41) is 3.43. The molecule has 0 spiro atoms. The Morgan fingerprint density at radius 1 is 0.905 bits per heavy atom. The first-order valence-corrected chi connectivity index (χ1v) is 7.42. The molecule has 0 fully saturated rings. The Balaban J connectivity index is 2.02. The van der Waals surface area contributed by atoms with Crippen LogP contribution in [0.3, 0.4) is 0 Å². The predicted molar refractivity (Wildman–Crippen MR) is 87.3 cm³/mol. The Kier molecular flexibility index (Phi) is 5.50. The second kappa shape index (κ2) is 7.58. The molecule has 112 valence electrons. The molecular weight excluding hydrogens is 262 g/mol. The molecule has 0 aromatic heterocycles. The van der Waals surface area contributed by atoms with Crippen molar-refractivity contribution in [2.45, 2.75) is 27.3 Å². The van der Waals surface area contributed by atoms with Gasteiger partial charge in [-0.1, -0.05) is 18.2 Å². The van der Waals surface area contributed by atoms with E-state index < -0.39 is 0 Å². The average molecular weight is 285 g/mol. The van der Waals surface area contributed by atoms with Crippen LogP contribution in [0.1, 0.15) is 25.0 Å². The lowest BCUT2D eigenvalue weighted by atomic mass is 10.2. The second-order valence-corrected chi connectivity index (χ2v) is 4.86. The lowest BCUT2D eigenvalue weighted by molar-refractivity contribution is 0.340. The number of hydrogen-bond donors (Lipinski definition) is 1. The molecular formula is C18H23NO2. The van der Waals surface area contributed by atoms with Crippen molar-refractivity contribution in [3.8, 4) is 11.5 Å². The zero-order valence-corrected chi connectivity index (χ0v) is 13.0. The lowest BCUT2D eigenvalue weighted by Crippen LogP contribution is -2.03. The minimum Gasteiger partial charge on any atom is -0.494 e. The fraction of sp³-hybridized carbons (Fsp3) is 0.333. The molecule has 2 rings (SSSR count). The highest BCUT2D eigenvalue weighted by Crippen LogP contribution is 2.26. The third kappa shape index (κ3) is 4.42. The normalized spacial score (nSPS) is 10.2. The fourth-order valence-electron chi connectivity index (χ4n) is 2.12. The predicted octanol–water partition coefficient (Wildman–Crippen LogP) is 4.40. The van der Waals surface area contributed by atoms with Gasteiger partial charge in [-0.05, 0) is 56.2 Å². The second-order valence-electron chi connectivity index (χ2n) is 4.86. The third-order valence-corrected chi connectivity index (χ3v) is 3.15. The molecule has 0 unspecified atom stereocenters. The van der Waals surface area contributed by atoms with Gasteiger partial charge in [0.25, 0.3) is 0 Å². The topological polar surface area (TPSA) is 30.5 Å². The van der Waals surface area contributed by atoms with Crippen LogP contribution in [0.25, 0.3) is 0 Å². The molecule has 0 bridgehead atoms. The van der Waals surface area contributed by atoms with Gasteiger partial charge in [0.15, 0.2) is 0 Å². The maximum atomic E-state index is 5.67. The zero-order chi connectivity index (χ0) is 15.1. The molecule has 0 aliphatic carbocycles. The van der Waals surface area contributed by atoms with Crippen LogP contribution in [0, 0.1) is 6.92 Å². The molecule has 0 radical (unpaired) electrons. The number of anilines is 1. The zero-order valence-electron chi connectivity index (χ0n) is 13.0. The van der Waals surface area contributed by atoms with E-state index in [0.717, 1.165) is 23.7 Å². The standard InChI is InChI=1S/C18H23NO2/c1-4-20-16-9-7-15(8-10-16)13-19-17-11-6-14(3)12-18(17)21-5-2/h6-12,19H,4-5,13H2,1-3H3. The summed E-state index contributed by atoms with van der Waals surface area (Å²) in [5.41, 5.74) is 3.43. The summed E-state index contributed by atoms with van der Waals surface area (Å²) in [6.07, 6.45) is 0. The summed E-state index contributed by atoms with van der Waals surface area (Å²) in [4.78, 5) is 0. The fourth-order valence-corrected chi connectivity index (χ4v) is 2.12. The van der Waals surface area contributed by atoms with Crippen LogP contribution >= 0.6 is 0 Å². The smallest absolute Gasteiger partial charge is 0.142 e. The van der Waals surface area contributed by atoms with Gasteiger partial charge in [0.1, 0.15) is 11.5 Å². The molecule has 0 saturated heterocycles. The first-order chi connectivity index (χ1) is 10.2. The SMILES string of the molecule is CCOc1ccc(CNc2ccc(C)cc2OCC)cc1. The van der Waals surface area contributed by atoms with Crippen molar-refractivity contribution >= 4 is 5.69 Å². The van der Waals surface area contributed by atoms with Crippen LogP contribution in [0.4, 0.5) is 5.69 Å². The van der Waals surface area contributed by atoms with E-state index >= 15 is 0 Å². The van der Waals surface area contributed by atoms with Gasteiger partial charge in [-0.15, -0.1) is 0 Å². The van der Waals surface area contributed by atoms with Crippen LogP contribution < -0.4 is 14.8 Å². The average Bonchev–Trinajstić information content (AvgIpc) is 2.49. The molecule has 0 saturated carbocycles. The quantitative estimate of drug-likeness (QED) is 0.817. The molecule has 21 heavy (non-hydrogen) atoms. The highest BCUT2D eigenvalue weighted by atomic mass is 16.5. The Morgan fingerprint density at radius 2 is 1.62 bits per heavy atom. The molecule has 0 heterocycles. The lowest BCUT2D eigenvalue weighted by Gasteiger charge is -2.13. The molecule has 2 aromatic rings. The van der Waals surface area contributed by atoms with E-state index in [4.69, 9.17) is 9.47 Å².